The molecule has 8 nitrogen and oxygen atoms in total. The second kappa shape index (κ2) is 8.23. The number of rotatable bonds is 6. The lowest BCUT2D eigenvalue weighted by Crippen LogP contribution is -2.19. The first-order valence-corrected chi connectivity index (χ1v) is 11.6. The molecule has 2 heterocycles. The minimum atomic E-state index is -0.0655. The molecule has 1 N–H and O–H groups in total. The third-order valence-corrected chi connectivity index (χ3v) is 6.77. The Morgan fingerprint density at radius 1 is 0.943 bits per heavy atom. The van der Waals surface area contributed by atoms with Crippen LogP contribution in [0.5, 0.6) is 17.2 Å². The molecule has 178 valence electrons. The van der Waals surface area contributed by atoms with Crippen LogP contribution in [0.25, 0.3) is 22.2 Å². The van der Waals surface area contributed by atoms with Gasteiger partial charge in [0.1, 0.15) is 5.52 Å². The predicted octanol–water partition coefficient (Wildman–Crippen LogP) is 5.41. The van der Waals surface area contributed by atoms with E-state index in [0.29, 0.717) is 45.5 Å². The van der Waals surface area contributed by atoms with Gasteiger partial charge in [0.05, 0.1) is 43.7 Å². The van der Waals surface area contributed by atoms with Crippen LogP contribution in [0, 0.1) is 0 Å². The van der Waals surface area contributed by atoms with Gasteiger partial charge in [-0.1, -0.05) is 29.4 Å². The molecule has 6 rings (SSSR count). The number of ether oxygens (including phenoxy) is 3. The molecule has 0 spiro atoms. The van der Waals surface area contributed by atoms with Crippen molar-refractivity contribution in [3.63, 3.8) is 0 Å². The zero-order chi connectivity index (χ0) is 24.1. The van der Waals surface area contributed by atoms with Crippen molar-refractivity contribution in [2.75, 3.05) is 44.6 Å². The molecule has 1 aliphatic carbocycles. The minimum Gasteiger partial charge on any atom is -0.493 e. The summed E-state index contributed by atoms with van der Waals surface area (Å²) in [5.41, 5.74) is 4.97. The van der Waals surface area contributed by atoms with Crippen molar-refractivity contribution < 1.29 is 23.5 Å². The maximum absolute atomic E-state index is 13.8. The molecule has 0 unspecified atom stereocenters. The Bertz CT molecular complexity index is 1440. The van der Waals surface area contributed by atoms with Gasteiger partial charge in [-0.15, -0.1) is 0 Å². The number of ketones is 1. The van der Waals surface area contributed by atoms with Crippen molar-refractivity contribution in [3.05, 3.63) is 53.6 Å². The van der Waals surface area contributed by atoms with Gasteiger partial charge < -0.3 is 29.0 Å². The summed E-state index contributed by atoms with van der Waals surface area (Å²) in [4.78, 5) is 16.1. The first-order chi connectivity index (χ1) is 17.1. The van der Waals surface area contributed by atoms with Crippen LogP contribution in [0.2, 0.25) is 0 Å². The summed E-state index contributed by atoms with van der Waals surface area (Å²) in [7, 11) is 4.72. The first kappa shape index (κ1) is 21.3. The van der Waals surface area contributed by atoms with Gasteiger partial charge in [0.25, 0.3) is 0 Å². The molecule has 1 aromatic heterocycles. The number of hydrogen-bond acceptors (Lipinski definition) is 8. The Hall–Kier alpha value is -4.20. The zero-order valence-corrected chi connectivity index (χ0v) is 19.8. The number of aromatic nitrogens is 1. The van der Waals surface area contributed by atoms with Crippen LogP contribution in [0.1, 0.15) is 28.8 Å². The van der Waals surface area contributed by atoms with Gasteiger partial charge in [0, 0.05) is 42.0 Å². The Kier molecular flexibility index (Phi) is 5.02. The van der Waals surface area contributed by atoms with Gasteiger partial charge in [-0.2, -0.15) is 0 Å². The number of carbonyl (C=O) groups is 1. The van der Waals surface area contributed by atoms with Crippen LogP contribution in [-0.2, 0) is 0 Å². The van der Waals surface area contributed by atoms with E-state index in [1.165, 1.54) is 0 Å². The van der Waals surface area contributed by atoms with Crippen LogP contribution in [0.3, 0.4) is 0 Å². The maximum Gasteiger partial charge on any atom is 0.203 e. The highest BCUT2D eigenvalue weighted by atomic mass is 16.5. The summed E-state index contributed by atoms with van der Waals surface area (Å²) in [6, 6.07) is 13.2. The summed E-state index contributed by atoms with van der Waals surface area (Å²) in [6.07, 6.45) is 2.23. The second-order valence-corrected chi connectivity index (χ2v) is 8.66. The second-order valence-electron chi connectivity index (χ2n) is 8.66. The standard InChI is InChI=1S/C27H25N3O5/c1-32-20-12-15(13-21(33-2)27(20)34-3)28-18-14-19(30-10-6-7-11-30)24-23-22(18)25(31)16-8-4-5-9-17(16)26(23)35-29-24/h4-5,8-9,12-14,28H,6-7,10-11H2,1-3H3. The monoisotopic (exact) mass is 471 g/mol. The molecule has 0 amide bonds. The summed E-state index contributed by atoms with van der Waals surface area (Å²) in [5.74, 6) is 2.10. The molecule has 0 radical (unpaired) electrons. The third kappa shape index (κ3) is 3.20. The quantitative estimate of drug-likeness (QED) is 0.352. The molecular formula is C27H25N3O5. The summed E-state index contributed by atoms with van der Waals surface area (Å²) < 4.78 is 22.4. The highest BCUT2D eigenvalue weighted by Crippen LogP contribution is 2.47. The molecule has 0 atom stereocenters. The molecule has 0 bridgehead atoms. The van der Waals surface area contributed by atoms with Crippen molar-refractivity contribution in [2.24, 2.45) is 0 Å². The normalized spacial score (nSPS) is 14.3. The third-order valence-electron chi connectivity index (χ3n) is 6.77. The highest BCUT2D eigenvalue weighted by Gasteiger charge is 2.34. The number of carbonyl (C=O) groups excluding carboxylic acids is 1. The molecule has 0 saturated carbocycles. The first-order valence-electron chi connectivity index (χ1n) is 11.6. The maximum atomic E-state index is 13.8. The van der Waals surface area contributed by atoms with Gasteiger partial charge in [-0.05, 0) is 18.9 Å². The lowest BCUT2D eigenvalue weighted by atomic mass is 9.86. The van der Waals surface area contributed by atoms with Gasteiger partial charge in [0.15, 0.2) is 23.0 Å². The number of anilines is 3. The van der Waals surface area contributed by atoms with Crippen molar-refractivity contribution in [1.29, 1.82) is 0 Å². The molecule has 4 aromatic rings. The molecule has 3 aromatic carbocycles. The van der Waals surface area contributed by atoms with Gasteiger partial charge in [0.2, 0.25) is 5.75 Å². The number of nitrogens with zero attached hydrogens (tertiary/aromatic N) is 2. The van der Waals surface area contributed by atoms with E-state index in [9.17, 15) is 4.79 Å². The SMILES string of the molecule is COc1cc(Nc2cc(N3CCCC3)c3noc4c3c2C(=O)c2ccccc2-4)cc(OC)c1OC. The van der Waals surface area contributed by atoms with E-state index in [1.807, 2.05) is 42.5 Å². The molecular weight excluding hydrogens is 446 g/mol. The van der Waals surface area contributed by atoms with Crippen molar-refractivity contribution in [3.8, 4) is 28.6 Å². The van der Waals surface area contributed by atoms with Crippen LogP contribution >= 0.6 is 0 Å². The Morgan fingerprint density at radius 3 is 2.29 bits per heavy atom. The van der Waals surface area contributed by atoms with Crippen LogP contribution in [-0.4, -0.2) is 45.4 Å². The minimum absolute atomic E-state index is 0.0655. The average molecular weight is 472 g/mol. The summed E-state index contributed by atoms with van der Waals surface area (Å²) >= 11 is 0. The number of methoxy groups -OCH3 is 3. The Balaban J connectivity index is 1.59. The Labute approximate surface area is 202 Å². The lowest BCUT2D eigenvalue weighted by molar-refractivity contribution is 0.104. The fourth-order valence-electron chi connectivity index (χ4n) is 5.15. The summed E-state index contributed by atoms with van der Waals surface area (Å²) in [5, 5.41) is 8.64. The van der Waals surface area contributed by atoms with E-state index in [0.717, 1.165) is 48.1 Å². The largest absolute Gasteiger partial charge is 0.493 e. The lowest BCUT2D eigenvalue weighted by Gasteiger charge is -2.23. The molecule has 2 aliphatic rings. The van der Waals surface area contributed by atoms with Crippen molar-refractivity contribution in [1.82, 2.24) is 5.16 Å². The molecule has 1 fully saturated rings. The van der Waals surface area contributed by atoms with E-state index < -0.39 is 0 Å². The van der Waals surface area contributed by atoms with Gasteiger partial charge >= 0.3 is 0 Å². The van der Waals surface area contributed by atoms with Crippen LogP contribution in [0.15, 0.2) is 47.0 Å². The molecule has 1 saturated heterocycles. The van der Waals surface area contributed by atoms with Gasteiger partial charge in [-0.3, -0.25) is 4.79 Å². The average Bonchev–Trinajstić information content (AvgIpc) is 3.58. The number of benzene rings is 3. The van der Waals surface area contributed by atoms with E-state index in [2.05, 4.69) is 15.4 Å². The van der Waals surface area contributed by atoms with Gasteiger partial charge in [-0.25, -0.2) is 0 Å². The van der Waals surface area contributed by atoms with E-state index in [4.69, 9.17) is 18.7 Å². The fraction of sp³-hybridized carbons (Fsp3) is 0.259. The van der Waals surface area contributed by atoms with Crippen molar-refractivity contribution in [2.45, 2.75) is 12.8 Å². The smallest absolute Gasteiger partial charge is 0.203 e. The fourth-order valence-corrected chi connectivity index (χ4v) is 5.15. The summed E-state index contributed by atoms with van der Waals surface area (Å²) in [6.45, 7) is 1.87. The molecule has 8 heteroatoms. The zero-order valence-electron chi connectivity index (χ0n) is 19.8. The Morgan fingerprint density at radius 2 is 1.63 bits per heavy atom. The van der Waals surface area contributed by atoms with E-state index in [-0.39, 0.29) is 5.78 Å². The van der Waals surface area contributed by atoms with E-state index >= 15 is 0 Å². The molecule has 35 heavy (non-hydrogen) atoms. The van der Waals surface area contributed by atoms with E-state index in [1.54, 1.807) is 21.3 Å². The topological polar surface area (TPSA) is 86.1 Å². The van der Waals surface area contributed by atoms with Crippen LogP contribution in [0.4, 0.5) is 17.1 Å². The van der Waals surface area contributed by atoms with Crippen molar-refractivity contribution >= 4 is 33.7 Å². The van der Waals surface area contributed by atoms with Crippen LogP contribution < -0.4 is 24.4 Å². The predicted molar refractivity (Wildman–Crippen MR) is 134 cm³/mol. The number of hydrogen-bond donors (Lipinski definition) is 1. The number of nitrogens with one attached hydrogen (secondary N) is 1. The number of fused-ring (bicyclic) bond motifs is 2. The molecule has 1 aliphatic heterocycles. The highest BCUT2D eigenvalue weighted by molar-refractivity contribution is 6.28.